The van der Waals surface area contributed by atoms with E-state index >= 15 is 0 Å². The largest absolute Gasteiger partial charge is 0.338 e. The lowest BCUT2D eigenvalue weighted by molar-refractivity contribution is -0.121. The van der Waals surface area contributed by atoms with Crippen LogP contribution in [0.4, 0.5) is 10.1 Å². The van der Waals surface area contributed by atoms with Crippen LogP contribution in [0.2, 0.25) is 0 Å². The first-order chi connectivity index (χ1) is 17.0. The standard InChI is InChI=1S/C27H26FN5O2/c1-19-24(26(31-15-5-6-16-31)33(30-19)23-7-3-2-4-8-23)27(35)32-17-13-20(14-18-32)25(34)29-22-11-9-21(28)10-12-22/h2-12,15-16,20H,13-14,17-18H2,1H3,(H,29,34). The highest BCUT2D eigenvalue weighted by molar-refractivity contribution is 5.99. The first-order valence-electron chi connectivity index (χ1n) is 11.7. The molecular weight excluding hydrogens is 445 g/mol. The Morgan fingerprint density at radius 3 is 2.26 bits per heavy atom. The van der Waals surface area contributed by atoms with Gasteiger partial charge in [-0.05, 0) is 68.3 Å². The van der Waals surface area contributed by atoms with E-state index in [1.165, 1.54) is 12.1 Å². The summed E-state index contributed by atoms with van der Waals surface area (Å²) in [5.41, 5.74) is 2.64. The zero-order valence-electron chi connectivity index (χ0n) is 19.4. The van der Waals surface area contributed by atoms with Gasteiger partial charge in [-0.15, -0.1) is 0 Å². The topological polar surface area (TPSA) is 72.2 Å². The van der Waals surface area contributed by atoms with E-state index in [0.717, 1.165) is 5.69 Å². The number of likely N-dealkylation sites (tertiary alicyclic amines) is 1. The Labute approximate surface area is 202 Å². The molecular formula is C27H26FN5O2. The molecule has 7 nitrogen and oxygen atoms in total. The number of carbonyl (C=O) groups is 2. The molecule has 1 fully saturated rings. The maximum Gasteiger partial charge on any atom is 0.259 e. The molecule has 2 aromatic heterocycles. The first kappa shape index (κ1) is 22.6. The number of piperidine rings is 1. The van der Waals surface area contributed by atoms with E-state index in [-0.39, 0.29) is 23.5 Å². The Kier molecular flexibility index (Phi) is 6.18. The molecule has 1 N–H and O–H groups in total. The Bertz CT molecular complexity index is 1320. The normalized spacial score (nSPS) is 14.2. The fraction of sp³-hybridized carbons (Fsp3) is 0.222. The van der Waals surface area contributed by atoms with Crippen molar-refractivity contribution in [1.82, 2.24) is 19.2 Å². The van der Waals surface area contributed by atoms with E-state index in [2.05, 4.69) is 5.32 Å². The van der Waals surface area contributed by atoms with Crippen LogP contribution in [0.3, 0.4) is 0 Å². The molecule has 1 aliphatic rings. The van der Waals surface area contributed by atoms with Gasteiger partial charge in [-0.2, -0.15) is 5.10 Å². The van der Waals surface area contributed by atoms with Gasteiger partial charge in [0.15, 0.2) is 5.82 Å². The van der Waals surface area contributed by atoms with Gasteiger partial charge in [-0.1, -0.05) is 18.2 Å². The van der Waals surface area contributed by atoms with Crippen LogP contribution in [0.25, 0.3) is 11.5 Å². The summed E-state index contributed by atoms with van der Waals surface area (Å²) in [4.78, 5) is 28.2. The monoisotopic (exact) mass is 471 g/mol. The molecule has 35 heavy (non-hydrogen) atoms. The highest BCUT2D eigenvalue weighted by Crippen LogP contribution is 2.27. The van der Waals surface area contributed by atoms with Gasteiger partial charge in [0.25, 0.3) is 5.91 Å². The van der Waals surface area contributed by atoms with Crippen LogP contribution in [-0.4, -0.2) is 44.2 Å². The number of hydrogen-bond acceptors (Lipinski definition) is 3. The van der Waals surface area contributed by atoms with E-state index in [4.69, 9.17) is 5.10 Å². The van der Waals surface area contributed by atoms with Crippen molar-refractivity contribution in [2.24, 2.45) is 5.92 Å². The quantitative estimate of drug-likeness (QED) is 0.462. The van der Waals surface area contributed by atoms with Crippen LogP contribution in [-0.2, 0) is 4.79 Å². The summed E-state index contributed by atoms with van der Waals surface area (Å²) in [5, 5.41) is 7.55. The number of rotatable bonds is 5. The van der Waals surface area contributed by atoms with Crippen molar-refractivity contribution < 1.29 is 14.0 Å². The van der Waals surface area contributed by atoms with Crippen molar-refractivity contribution in [2.75, 3.05) is 18.4 Å². The summed E-state index contributed by atoms with van der Waals surface area (Å²) in [6.45, 7) is 2.80. The number of nitrogens with one attached hydrogen (secondary N) is 1. The number of amides is 2. The van der Waals surface area contributed by atoms with Gasteiger partial charge >= 0.3 is 0 Å². The summed E-state index contributed by atoms with van der Waals surface area (Å²) in [7, 11) is 0. The second-order valence-corrected chi connectivity index (χ2v) is 8.68. The van der Waals surface area contributed by atoms with Crippen molar-refractivity contribution in [3.63, 3.8) is 0 Å². The van der Waals surface area contributed by atoms with Crippen LogP contribution < -0.4 is 5.32 Å². The van der Waals surface area contributed by atoms with E-state index in [1.807, 2.05) is 66.3 Å². The number of aryl methyl sites for hydroxylation is 1. The molecule has 1 saturated heterocycles. The number of aromatic nitrogens is 3. The van der Waals surface area contributed by atoms with Gasteiger partial charge in [0, 0.05) is 37.1 Å². The number of anilines is 1. The molecule has 0 spiro atoms. The van der Waals surface area contributed by atoms with Gasteiger partial charge in [0.1, 0.15) is 11.4 Å². The number of carbonyl (C=O) groups excluding carboxylic acids is 2. The van der Waals surface area contributed by atoms with Crippen molar-refractivity contribution in [1.29, 1.82) is 0 Å². The van der Waals surface area contributed by atoms with Crippen LogP contribution in [0, 0.1) is 18.7 Å². The Morgan fingerprint density at radius 1 is 0.943 bits per heavy atom. The van der Waals surface area contributed by atoms with Crippen LogP contribution in [0.5, 0.6) is 0 Å². The second-order valence-electron chi connectivity index (χ2n) is 8.68. The average Bonchev–Trinajstić information content (AvgIpc) is 3.53. The number of benzene rings is 2. The number of nitrogens with zero attached hydrogens (tertiary/aromatic N) is 4. The minimum absolute atomic E-state index is 0.0919. The smallest absolute Gasteiger partial charge is 0.259 e. The number of halogens is 1. The lowest BCUT2D eigenvalue weighted by Crippen LogP contribution is -2.41. The maximum atomic E-state index is 13.7. The summed E-state index contributed by atoms with van der Waals surface area (Å²) in [6.07, 6.45) is 4.92. The van der Waals surface area contributed by atoms with Crippen LogP contribution in [0.15, 0.2) is 79.1 Å². The van der Waals surface area contributed by atoms with Crippen molar-refractivity contribution in [3.05, 3.63) is 96.2 Å². The van der Waals surface area contributed by atoms with Crippen LogP contribution >= 0.6 is 0 Å². The van der Waals surface area contributed by atoms with Gasteiger partial charge in [0.2, 0.25) is 5.91 Å². The Morgan fingerprint density at radius 2 is 1.60 bits per heavy atom. The second kappa shape index (κ2) is 9.58. The molecule has 178 valence electrons. The van der Waals surface area contributed by atoms with Gasteiger partial charge in [-0.3, -0.25) is 9.59 Å². The number of para-hydroxylation sites is 1. The Balaban J connectivity index is 1.34. The highest BCUT2D eigenvalue weighted by Gasteiger charge is 2.32. The zero-order chi connectivity index (χ0) is 24.4. The molecule has 0 bridgehead atoms. The maximum absolute atomic E-state index is 13.7. The van der Waals surface area contributed by atoms with E-state index in [0.29, 0.717) is 48.7 Å². The molecule has 0 radical (unpaired) electrons. The molecule has 1 aliphatic heterocycles. The van der Waals surface area contributed by atoms with E-state index < -0.39 is 0 Å². The number of hydrogen-bond donors (Lipinski definition) is 1. The van der Waals surface area contributed by atoms with Crippen molar-refractivity contribution in [2.45, 2.75) is 19.8 Å². The third-order valence-corrected chi connectivity index (χ3v) is 6.36. The first-order valence-corrected chi connectivity index (χ1v) is 11.7. The third-order valence-electron chi connectivity index (χ3n) is 6.36. The average molecular weight is 472 g/mol. The molecule has 2 aromatic carbocycles. The predicted molar refractivity (Wildman–Crippen MR) is 131 cm³/mol. The van der Waals surface area contributed by atoms with E-state index in [1.54, 1.807) is 21.7 Å². The molecule has 8 heteroatoms. The van der Waals surface area contributed by atoms with Crippen LogP contribution in [0.1, 0.15) is 28.9 Å². The molecule has 2 amide bonds. The van der Waals surface area contributed by atoms with Crippen molar-refractivity contribution in [3.8, 4) is 11.5 Å². The third kappa shape index (κ3) is 4.59. The highest BCUT2D eigenvalue weighted by atomic mass is 19.1. The van der Waals surface area contributed by atoms with Gasteiger partial charge in [-0.25, -0.2) is 9.07 Å². The SMILES string of the molecule is Cc1nn(-c2ccccc2)c(-n2cccc2)c1C(=O)N1CCC(C(=O)Nc2ccc(F)cc2)CC1. The molecule has 0 saturated carbocycles. The Hall–Kier alpha value is -4.20. The minimum Gasteiger partial charge on any atom is -0.338 e. The van der Waals surface area contributed by atoms with E-state index in [9.17, 15) is 14.0 Å². The van der Waals surface area contributed by atoms with Crippen molar-refractivity contribution >= 4 is 17.5 Å². The molecule has 0 atom stereocenters. The lowest BCUT2D eigenvalue weighted by Gasteiger charge is -2.31. The molecule has 0 aliphatic carbocycles. The fourth-order valence-corrected chi connectivity index (χ4v) is 4.51. The minimum atomic E-state index is -0.347. The molecule has 3 heterocycles. The summed E-state index contributed by atoms with van der Waals surface area (Å²) in [6, 6.07) is 19.3. The predicted octanol–water partition coefficient (Wildman–Crippen LogP) is 4.60. The molecule has 4 aromatic rings. The van der Waals surface area contributed by atoms with Gasteiger partial charge < -0.3 is 14.8 Å². The molecule has 0 unspecified atom stereocenters. The summed E-state index contributed by atoms with van der Waals surface area (Å²) < 4.78 is 16.8. The summed E-state index contributed by atoms with van der Waals surface area (Å²) in [5.74, 6) is -0.0587. The fourth-order valence-electron chi connectivity index (χ4n) is 4.51. The zero-order valence-corrected chi connectivity index (χ0v) is 19.4. The summed E-state index contributed by atoms with van der Waals surface area (Å²) >= 11 is 0. The molecule has 5 rings (SSSR count). The van der Waals surface area contributed by atoms with Gasteiger partial charge in [0.05, 0.1) is 11.4 Å². The lowest BCUT2D eigenvalue weighted by atomic mass is 9.95.